The molecule has 0 saturated heterocycles. The van der Waals surface area contributed by atoms with Gasteiger partial charge in [-0.15, -0.1) is 0 Å². The van der Waals surface area contributed by atoms with Gasteiger partial charge in [-0.3, -0.25) is 0 Å². The van der Waals surface area contributed by atoms with Gasteiger partial charge in [0.25, 0.3) is 0 Å². The molecular weight excluding hydrogens is 290 g/mol. The highest BCUT2D eigenvalue weighted by molar-refractivity contribution is 5.90. The van der Waals surface area contributed by atoms with Gasteiger partial charge in [0.05, 0.1) is 13.7 Å². The first-order valence-corrected chi connectivity index (χ1v) is 7.63. The highest BCUT2D eigenvalue weighted by Gasteiger charge is 2.17. The summed E-state index contributed by atoms with van der Waals surface area (Å²) >= 11 is 0. The molecular formula is C18H19N3O2. The van der Waals surface area contributed by atoms with Crippen LogP contribution in [0.1, 0.15) is 34.4 Å². The number of benzene rings is 1. The van der Waals surface area contributed by atoms with Crippen LogP contribution in [0.2, 0.25) is 0 Å². The largest absolute Gasteiger partial charge is 0.464 e. The zero-order valence-corrected chi connectivity index (χ0v) is 13.5. The van der Waals surface area contributed by atoms with Crippen molar-refractivity contribution in [2.24, 2.45) is 0 Å². The molecule has 0 N–H and O–H groups in total. The molecule has 23 heavy (non-hydrogen) atoms. The van der Waals surface area contributed by atoms with Crippen molar-refractivity contribution in [3.63, 3.8) is 0 Å². The summed E-state index contributed by atoms with van der Waals surface area (Å²) in [6.07, 6.45) is 0.802. The molecule has 0 unspecified atom stereocenters. The first-order valence-electron chi connectivity index (χ1n) is 7.63. The van der Waals surface area contributed by atoms with E-state index in [1.807, 2.05) is 25.1 Å². The van der Waals surface area contributed by atoms with E-state index < -0.39 is 5.97 Å². The van der Waals surface area contributed by atoms with Gasteiger partial charge in [-0.25, -0.2) is 14.8 Å². The molecule has 0 spiro atoms. The maximum atomic E-state index is 11.8. The minimum absolute atomic E-state index is 0.314. The number of hydrogen-bond acceptors (Lipinski definition) is 4. The van der Waals surface area contributed by atoms with E-state index in [0.29, 0.717) is 12.2 Å². The third kappa shape index (κ3) is 2.82. The van der Waals surface area contributed by atoms with Gasteiger partial charge in [0, 0.05) is 6.42 Å². The predicted octanol–water partition coefficient (Wildman–Crippen LogP) is 3.14. The zero-order valence-electron chi connectivity index (χ0n) is 13.5. The van der Waals surface area contributed by atoms with Crippen molar-refractivity contribution in [3.05, 3.63) is 59.0 Å². The molecule has 0 saturated carbocycles. The fourth-order valence-corrected chi connectivity index (χ4v) is 2.70. The molecule has 5 heteroatoms. The molecule has 0 aliphatic heterocycles. The van der Waals surface area contributed by atoms with Crippen molar-refractivity contribution in [1.82, 2.24) is 14.5 Å². The summed E-state index contributed by atoms with van der Waals surface area (Å²) < 4.78 is 6.87. The van der Waals surface area contributed by atoms with Gasteiger partial charge in [0.15, 0.2) is 11.3 Å². The number of esters is 1. The highest BCUT2D eigenvalue weighted by Crippen LogP contribution is 2.21. The quantitative estimate of drug-likeness (QED) is 0.695. The molecule has 118 valence electrons. The third-order valence-electron chi connectivity index (χ3n) is 3.87. The summed E-state index contributed by atoms with van der Waals surface area (Å²) in [4.78, 5) is 21.0. The molecule has 3 aromatic rings. The number of aromatic nitrogens is 3. The minimum Gasteiger partial charge on any atom is -0.464 e. The van der Waals surface area contributed by atoms with Crippen molar-refractivity contribution >= 4 is 17.1 Å². The number of nitrogens with zero attached hydrogens (tertiary/aromatic N) is 3. The molecule has 2 heterocycles. The maximum absolute atomic E-state index is 11.8. The summed E-state index contributed by atoms with van der Waals surface area (Å²) in [7, 11) is 1.36. The number of aryl methyl sites for hydroxylation is 2. The predicted molar refractivity (Wildman–Crippen MR) is 88.5 cm³/mol. The lowest BCUT2D eigenvalue weighted by Crippen LogP contribution is -2.08. The lowest BCUT2D eigenvalue weighted by atomic mass is 10.2. The number of imidazole rings is 1. The van der Waals surface area contributed by atoms with E-state index >= 15 is 0 Å². The Morgan fingerprint density at radius 2 is 1.96 bits per heavy atom. The van der Waals surface area contributed by atoms with Crippen LogP contribution in [0.4, 0.5) is 0 Å². The van der Waals surface area contributed by atoms with Crippen molar-refractivity contribution in [2.45, 2.75) is 26.8 Å². The van der Waals surface area contributed by atoms with Crippen molar-refractivity contribution in [1.29, 1.82) is 0 Å². The maximum Gasteiger partial charge on any atom is 0.356 e. The van der Waals surface area contributed by atoms with Crippen LogP contribution in [0.15, 0.2) is 36.4 Å². The van der Waals surface area contributed by atoms with Gasteiger partial charge in [-0.05, 0) is 24.1 Å². The van der Waals surface area contributed by atoms with Crippen molar-refractivity contribution in [2.75, 3.05) is 7.11 Å². The molecule has 0 atom stereocenters. The number of carbonyl (C=O) groups excluding carboxylic acids is 1. The van der Waals surface area contributed by atoms with E-state index in [0.717, 1.165) is 29.0 Å². The number of ether oxygens (including phenoxy) is 1. The van der Waals surface area contributed by atoms with Gasteiger partial charge < -0.3 is 9.30 Å². The van der Waals surface area contributed by atoms with E-state index in [2.05, 4.69) is 28.6 Å². The molecule has 0 radical (unpaired) electrons. The van der Waals surface area contributed by atoms with Crippen LogP contribution in [-0.2, 0) is 17.7 Å². The van der Waals surface area contributed by atoms with Gasteiger partial charge in [0.2, 0.25) is 0 Å². The van der Waals surface area contributed by atoms with Crippen molar-refractivity contribution in [3.8, 4) is 0 Å². The van der Waals surface area contributed by atoms with Crippen LogP contribution in [0.5, 0.6) is 0 Å². The first-order chi connectivity index (χ1) is 11.1. The summed E-state index contributed by atoms with van der Waals surface area (Å²) in [5.74, 6) is 0.530. The Kier molecular flexibility index (Phi) is 4.10. The Morgan fingerprint density at radius 1 is 1.22 bits per heavy atom. The normalized spacial score (nSPS) is 10.9. The van der Waals surface area contributed by atoms with Crippen LogP contribution in [0.25, 0.3) is 11.2 Å². The van der Waals surface area contributed by atoms with Gasteiger partial charge in [0.1, 0.15) is 11.3 Å². The van der Waals surface area contributed by atoms with Gasteiger partial charge >= 0.3 is 5.97 Å². The Bertz CT molecular complexity index is 854. The van der Waals surface area contributed by atoms with E-state index in [9.17, 15) is 4.79 Å². The number of methoxy groups -OCH3 is 1. The summed E-state index contributed by atoms with van der Waals surface area (Å²) in [5.41, 5.74) is 3.98. The monoisotopic (exact) mass is 309 g/mol. The van der Waals surface area contributed by atoms with Crippen LogP contribution >= 0.6 is 0 Å². The Hall–Kier alpha value is -2.69. The molecule has 2 aromatic heterocycles. The second-order valence-electron chi connectivity index (χ2n) is 5.44. The number of carbonyl (C=O) groups is 1. The van der Waals surface area contributed by atoms with E-state index in [4.69, 9.17) is 9.72 Å². The molecule has 1 aromatic carbocycles. The van der Waals surface area contributed by atoms with E-state index in [1.165, 1.54) is 12.7 Å². The van der Waals surface area contributed by atoms with Crippen LogP contribution in [-0.4, -0.2) is 27.6 Å². The summed E-state index contributed by atoms with van der Waals surface area (Å²) in [5, 5.41) is 0. The first kappa shape index (κ1) is 15.2. The minimum atomic E-state index is -0.430. The number of fused-ring (bicyclic) bond motifs is 1. The lowest BCUT2D eigenvalue weighted by Gasteiger charge is -2.08. The average Bonchev–Trinajstić information content (AvgIpc) is 2.93. The number of pyridine rings is 1. The lowest BCUT2D eigenvalue weighted by molar-refractivity contribution is 0.0594. The smallest absolute Gasteiger partial charge is 0.356 e. The summed E-state index contributed by atoms with van der Waals surface area (Å²) in [6, 6.07) is 11.9. The topological polar surface area (TPSA) is 57.0 Å². The zero-order chi connectivity index (χ0) is 16.4. The molecule has 0 bridgehead atoms. The molecule has 0 amide bonds. The number of rotatable bonds is 4. The fraction of sp³-hybridized carbons (Fsp3) is 0.278. The van der Waals surface area contributed by atoms with E-state index in [1.54, 1.807) is 6.07 Å². The number of hydrogen-bond donors (Lipinski definition) is 0. The fourth-order valence-electron chi connectivity index (χ4n) is 2.70. The van der Waals surface area contributed by atoms with Gasteiger partial charge in [-0.2, -0.15) is 0 Å². The standard InChI is InChI=1S/C18H19N3O2/c1-4-15-20-16-12(2)10-14(18(22)23-3)19-17(16)21(15)11-13-8-6-5-7-9-13/h5-10H,4,11H2,1-3H3. The second kappa shape index (κ2) is 6.20. The Balaban J connectivity index is 2.18. The molecule has 5 nitrogen and oxygen atoms in total. The van der Waals surface area contributed by atoms with Gasteiger partial charge in [-0.1, -0.05) is 37.3 Å². The van der Waals surface area contributed by atoms with Crippen LogP contribution < -0.4 is 0 Å². The van der Waals surface area contributed by atoms with Crippen molar-refractivity contribution < 1.29 is 9.53 Å². The SMILES string of the molecule is CCc1nc2c(C)cc(C(=O)OC)nc2n1Cc1ccccc1. The average molecular weight is 309 g/mol. The van der Waals surface area contributed by atoms with Crippen LogP contribution in [0, 0.1) is 6.92 Å². The highest BCUT2D eigenvalue weighted by atomic mass is 16.5. The molecule has 3 rings (SSSR count). The molecule has 0 aliphatic carbocycles. The third-order valence-corrected chi connectivity index (χ3v) is 3.87. The van der Waals surface area contributed by atoms with Crippen LogP contribution in [0.3, 0.4) is 0 Å². The summed E-state index contributed by atoms with van der Waals surface area (Å²) in [6.45, 7) is 4.69. The second-order valence-corrected chi connectivity index (χ2v) is 5.44. The Labute approximate surface area is 134 Å². The van der Waals surface area contributed by atoms with E-state index in [-0.39, 0.29) is 0 Å². The Morgan fingerprint density at radius 3 is 2.61 bits per heavy atom. The molecule has 0 aliphatic rings. The molecule has 0 fully saturated rings.